The highest BCUT2D eigenvalue weighted by molar-refractivity contribution is 5.67. The Kier molecular flexibility index (Phi) is 6.57. The number of ether oxygens (including phenoxy) is 5. The molecule has 0 spiro atoms. The van der Waals surface area contributed by atoms with Crippen molar-refractivity contribution < 1.29 is 38.1 Å². The van der Waals surface area contributed by atoms with E-state index in [1.54, 1.807) is 0 Å². The summed E-state index contributed by atoms with van der Waals surface area (Å²) in [4.78, 5) is 33.3. The maximum absolute atomic E-state index is 11.2. The van der Waals surface area contributed by atoms with Crippen LogP contribution < -0.4 is 0 Å². The lowest BCUT2D eigenvalue weighted by molar-refractivity contribution is -0.259. The van der Waals surface area contributed by atoms with Gasteiger partial charge in [0.15, 0.2) is 12.4 Å². The molecule has 21 heavy (non-hydrogen) atoms. The Labute approximate surface area is 122 Å². The van der Waals surface area contributed by atoms with Crippen molar-refractivity contribution in [3.63, 3.8) is 0 Å². The zero-order chi connectivity index (χ0) is 16.0. The molecule has 1 fully saturated rings. The summed E-state index contributed by atoms with van der Waals surface area (Å²) in [5.41, 5.74) is 0. The van der Waals surface area contributed by atoms with E-state index in [0.717, 1.165) is 0 Å². The number of esters is 3. The molecule has 1 aliphatic heterocycles. The van der Waals surface area contributed by atoms with Crippen molar-refractivity contribution in [2.75, 3.05) is 13.7 Å². The highest BCUT2D eigenvalue weighted by Crippen LogP contribution is 2.26. The summed E-state index contributed by atoms with van der Waals surface area (Å²) in [7, 11) is 1.44. The molecule has 0 saturated carbocycles. The van der Waals surface area contributed by atoms with Crippen LogP contribution in [0.4, 0.5) is 0 Å². The van der Waals surface area contributed by atoms with E-state index in [1.807, 2.05) is 0 Å². The first-order chi connectivity index (χ1) is 9.83. The highest BCUT2D eigenvalue weighted by atomic mass is 16.7. The minimum atomic E-state index is -0.864. The smallest absolute Gasteiger partial charge is 0.303 e. The van der Waals surface area contributed by atoms with E-state index in [1.165, 1.54) is 27.9 Å². The molecule has 8 nitrogen and oxygen atoms in total. The molecule has 1 heterocycles. The summed E-state index contributed by atoms with van der Waals surface area (Å²) in [6.45, 7) is 3.60. The number of carbonyl (C=O) groups is 3. The van der Waals surface area contributed by atoms with E-state index in [9.17, 15) is 14.4 Å². The standard InChI is InChI=1S/C13H20O8/c1-7(14)18-6-11-13(20-9(3)16)10(19-8(2)15)5-12(17-4)21-11/h10-13H,5-6H2,1-4H3/t10-,11?,12-,13-/m1/s1. The zero-order valence-electron chi connectivity index (χ0n) is 12.5. The number of hydrogen-bond donors (Lipinski definition) is 0. The molecule has 0 aliphatic carbocycles. The summed E-state index contributed by atoms with van der Waals surface area (Å²) >= 11 is 0. The van der Waals surface area contributed by atoms with Crippen molar-refractivity contribution in [2.24, 2.45) is 0 Å². The summed E-state index contributed by atoms with van der Waals surface area (Å²) in [6, 6.07) is 0. The third-order valence-electron chi connectivity index (χ3n) is 2.82. The molecule has 0 amide bonds. The fraction of sp³-hybridized carbons (Fsp3) is 0.769. The van der Waals surface area contributed by atoms with Gasteiger partial charge in [0.2, 0.25) is 0 Å². The van der Waals surface area contributed by atoms with E-state index in [0.29, 0.717) is 0 Å². The predicted molar refractivity (Wildman–Crippen MR) is 68.0 cm³/mol. The molecule has 0 aromatic rings. The van der Waals surface area contributed by atoms with Gasteiger partial charge in [-0.2, -0.15) is 0 Å². The van der Waals surface area contributed by atoms with Gasteiger partial charge in [0.25, 0.3) is 0 Å². The largest absolute Gasteiger partial charge is 0.463 e. The Bertz CT molecular complexity index is 394. The van der Waals surface area contributed by atoms with Crippen molar-refractivity contribution in [3.05, 3.63) is 0 Å². The zero-order valence-corrected chi connectivity index (χ0v) is 12.5. The predicted octanol–water partition coefficient (Wildman–Crippen LogP) is 0.174. The van der Waals surface area contributed by atoms with Crippen molar-refractivity contribution in [2.45, 2.75) is 51.8 Å². The summed E-state index contributed by atoms with van der Waals surface area (Å²) in [5, 5.41) is 0. The third kappa shape index (κ3) is 5.68. The molecule has 0 aromatic carbocycles. The van der Waals surface area contributed by atoms with Gasteiger partial charge in [-0.15, -0.1) is 0 Å². The molecule has 1 saturated heterocycles. The number of rotatable bonds is 5. The van der Waals surface area contributed by atoms with Crippen LogP contribution in [0, 0.1) is 0 Å². The minimum Gasteiger partial charge on any atom is -0.463 e. The first-order valence-electron chi connectivity index (χ1n) is 6.49. The minimum absolute atomic E-state index is 0.134. The molecule has 120 valence electrons. The second-order valence-electron chi connectivity index (χ2n) is 4.60. The first-order valence-corrected chi connectivity index (χ1v) is 6.49. The third-order valence-corrected chi connectivity index (χ3v) is 2.82. The summed E-state index contributed by atoms with van der Waals surface area (Å²) in [6.07, 6.45) is -2.81. The van der Waals surface area contributed by atoms with Gasteiger partial charge in [0.05, 0.1) is 0 Å². The molecule has 0 radical (unpaired) electrons. The average molecular weight is 304 g/mol. The lowest BCUT2D eigenvalue weighted by Gasteiger charge is -2.39. The molecule has 8 heteroatoms. The normalized spacial score (nSPS) is 28.6. The van der Waals surface area contributed by atoms with Gasteiger partial charge in [-0.25, -0.2) is 0 Å². The van der Waals surface area contributed by atoms with Crippen molar-refractivity contribution >= 4 is 17.9 Å². The van der Waals surface area contributed by atoms with Gasteiger partial charge in [-0.3, -0.25) is 14.4 Å². The Morgan fingerprint density at radius 1 is 1.05 bits per heavy atom. The monoisotopic (exact) mass is 304 g/mol. The molecule has 0 N–H and O–H groups in total. The van der Waals surface area contributed by atoms with Gasteiger partial charge < -0.3 is 23.7 Å². The van der Waals surface area contributed by atoms with Crippen molar-refractivity contribution in [3.8, 4) is 0 Å². The Hall–Kier alpha value is -1.67. The second-order valence-corrected chi connectivity index (χ2v) is 4.60. The van der Waals surface area contributed by atoms with Gasteiger partial charge in [-0.05, 0) is 0 Å². The average Bonchev–Trinajstić information content (AvgIpc) is 2.37. The molecule has 0 aromatic heterocycles. The molecular formula is C13H20O8. The van der Waals surface area contributed by atoms with Crippen LogP contribution in [0.3, 0.4) is 0 Å². The molecular weight excluding hydrogens is 284 g/mol. The van der Waals surface area contributed by atoms with Crippen LogP contribution >= 0.6 is 0 Å². The first kappa shape index (κ1) is 17.4. The number of carbonyl (C=O) groups excluding carboxylic acids is 3. The van der Waals surface area contributed by atoms with Crippen LogP contribution in [0.5, 0.6) is 0 Å². The molecule has 4 atom stereocenters. The van der Waals surface area contributed by atoms with Crippen molar-refractivity contribution in [1.82, 2.24) is 0 Å². The fourth-order valence-electron chi connectivity index (χ4n) is 2.05. The Balaban J connectivity index is 2.87. The quantitative estimate of drug-likeness (QED) is 0.524. The molecule has 1 rings (SSSR count). The Morgan fingerprint density at radius 3 is 2.14 bits per heavy atom. The maximum atomic E-state index is 11.2. The van der Waals surface area contributed by atoms with Crippen LogP contribution in [-0.2, 0) is 38.1 Å². The second kappa shape index (κ2) is 7.94. The molecule has 1 unspecified atom stereocenters. The van der Waals surface area contributed by atoms with Gasteiger partial charge in [0, 0.05) is 34.3 Å². The summed E-state index contributed by atoms with van der Waals surface area (Å²) < 4.78 is 25.8. The van der Waals surface area contributed by atoms with Crippen LogP contribution in [0.1, 0.15) is 27.2 Å². The Morgan fingerprint density at radius 2 is 1.67 bits per heavy atom. The van der Waals surface area contributed by atoms with Crippen LogP contribution in [0.2, 0.25) is 0 Å². The lowest BCUT2D eigenvalue weighted by atomic mass is 10.0. The van der Waals surface area contributed by atoms with E-state index in [-0.39, 0.29) is 13.0 Å². The van der Waals surface area contributed by atoms with Crippen molar-refractivity contribution in [1.29, 1.82) is 0 Å². The topological polar surface area (TPSA) is 97.4 Å². The molecule has 0 bridgehead atoms. The fourth-order valence-corrected chi connectivity index (χ4v) is 2.05. The van der Waals surface area contributed by atoms with Gasteiger partial charge in [-0.1, -0.05) is 0 Å². The number of methoxy groups -OCH3 is 1. The lowest BCUT2D eigenvalue weighted by Crippen LogP contribution is -2.54. The van der Waals surface area contributed by atoms with Crippen LogP contribution in [-0.4, -0.2) is 56.2 Å². The van der Waals surface area contributed by atoms with Gasteiger partial charge in [0.1, 0.15) is 18.8 Å². The maximum Gasteiger partial charge on any atom is 0.303 e. The van der Waals surface area contributed by atoms with Gasteiger partial charge >= 0.3 is 17.9 Å². The van der Waals surface area contributed by atoms with E-state index < -0.39 is 42.5 Å². The number of hydrogen-bond acceptors (Lipinski definition) is 8. The van der Waals surface area contributed by atoms with E-state index in [4.69, 9.17) is 23.7 Å². The van der Waals surface area contributed by atoms with Crippen LogP contribution in [0.15, 0.2) is 0 Å². The highest BCUT2D eigenvalue weighted by Gasteiger charge is 2.43. The summed E-state index contributed by atoms with van der Waals surface area (Å²) in [5.74, 6) is -1.56. The SMILES string of the molecule is CO[C@H]1C[C@@H](OC(C)=O)[C@@H](OC(C)=O)C(COC(C)=O)O1. The van der Waals surface area contributed by atoms with E-state index in [2.05, 4.69) is 0 Å². The van der Waals surface area contributed by atoms with Crippen LogP contribution in [0.25, 0.3) is 0 Å². The van der Waals surface area contributed by atoms with E-state index >= 15 is 0 Å². The molecule has 1 aliphatic rings.